The quantitative estimate of drug-likeness (QED) is 0.337. The highest BCUT2D eigenvalue weighted by molar-refractivity contribution is 14.1. The van der Waals surface area contributed by atoms with E-state index in [2.05, 4.69) is 65.5 Å². The first kappa shape index (κ1) is 12.0. The van der Waals surface area contributed by atoms with Crippen LogP contribution in [0.15, 0.2) is 24.5 Å². The molecule has 1 rings (SSSR count). The summed E-state index contributed by atoms with van der Waals surface area (Å²) < 4.78 is 2.91. The van der Waals surface area contributed by atoms with Gasteiger partial charge in [-0.25, -0.2) is 0 Å². The molecule has 0 aliphatic carbocycles. The van der Waals surface area contributed by atoms with Crippen molar-refractivity contribution >= 4 is 22.6 Å². The van der Waals surface area contributed by atoms with E-state index in [-0.39, 0.29) is 0 Å². The van der Waals surface area contributed by atoms with Crippen molar-refractivity contribution in [1.82, 2.24) is 0 Å². The first-order chi connectivity index (χ1) is 6.74. The largest absolute Gasteiger partial charge is 0.207 e. The van der Waals surface area contributed by atoms with Crippen molar-refractivity contribution in [3.05, 3.63) is 30.1 Å². The summed E-state index contributed by atoms with van der Waals surface area (Å²) in [6.45, 7) is 4.38. The van der Waals surface area contributed by atoms with Crippen molar-refractivity contribution in [2.75, 3.05) is 0 Å². The lowest BCUT2D eigenvalue weighted by Gasteiger charge is -2.04. The number of hydrogen-bond donors (Lipinski definition) is 0. The van der Waals surface area contributed by atoms with Crippen LogP contribution in [-0.2, 0) is 0 Å². The van der Waals surface area contributed by atoms with E-state index < -0.39 is 0 Å². The lowest BCUT2D eigenvalue weighted by molar-refractivity contribution is -0.694. The molecule has 1 aromatic heterocycles. The number of rotatable bonds is 5. The molecule has 0 N–H and O–H groups in total. The molecule has 0 fully saturated rings. The Kier molecular flexibility index (Phi) is 5.45. The number of halogens is 1. The van der Waals surface area contributed by atoms with Gasteiger partial charge in [-0.2, -0.15) is 4.57 Å². The van der Waals surface area contributed by atoms with Gasteiger partial charge in [0.2, 0.25) is 4.05 Å². The van der Waals surface area contributed by atoms with Crippen LogP contribution >= 0.6 is 22.6 Å². The summed E-state index contributed by atoms with van der Waals surface area (Å²) in [5.74, 6) is 0. The third-order valence-corrected chi connectivity index (χ3v) is 3.65. The van der Waals surface area contributed by atoms with Crippen LogP contribution in [0.4, 0.5) is 0 Å². The van der Waals surface area contributed by atoms with Crippen molar-refractivity contribution in [3.63, 3.8) is 0 Å². The summed E-state index contributed by atoms with van der Waals surface area (Å²) >= 11 is 2.52. The van der Waals surface area contributed by atoms with E-state index in [1.807, 2.05) is 0 Å². The van der Waals surface area contributed by atoms with Crippen molar-refractivity contribution in [2.24, 2.45) is 0 Å². The van der Waals surface area contributed by atoms with Crippen LogP contribution in [0.25, 0.3) is 0 Å². The highest BCUT2D eigenvalue weighted by atomic mass is 127. The summed E-state index contributed by atoms with van der Waals surface area (Å²) in [7, 11) is 0. The molecule has 78 valence electrons. The van der Waals surface area contributed by atoms with E-state index in [1.165, 1.54) is 31.2 Å². The standard InChI is InChI=1S/C12H19IN/c1-3-4-5-6-12(13)14-9-7-11(2)8-10-14/h7-10,12H,3-6H2,1-2H3/q+1. The molecule has 0 aromatic carbocycles. The van der Waals surface area contributed by atoms with Crippen LogP contribution in [0.5, 0.6) is 0 Å². The fraction of sp³-hybridized carbons (Fsp3) is 0.583. The van der Waals surface area contributed by atoms with Gasteiger partial charge in [-0.1, -0.05) is 19.8 Å². The Balaban J connectivity index is 2.43. The van der Waals surface area contributed by atoms with Gasteiger partial charge in [0.15, 0.2) is 12.4 Å². The maximum atomic E-state index is 2.52. The van der Waals surface area contributed by atoms with Crippen molar-refractivity contribution in [2.45, 2.75) is 43.6 Å². The molecule has 0 spiro atoms. The Morgan fingerprint density at radius 2 is 1.93 bits per heavy atom. The molecule has 2 heteroatoms. The van der Waals surface area contributed by atoms with Gasteiger partial charge in [-0.3, -0.25) is 0 Å². The summed E-state index contributed by atoms with van der Waals surface area (Å²) in [6.07, 6.45) is 9.64. The van der Waals surface area contributed by atoms with E-state index in [9.17, 15) is 0 Å². The van der Waals surface area contributed by atoms with Gasteiger partial charge in [-0.15, -0.1) is 0 Å². The lowest BCUT2D eigenvalue weighted by Crippen LogP contribution is -2.34. The molecule has 0 bridgehead atoms. The molecule has 1 heterocycles. The molecule has 0 saturated heterocycles. The average molecular weight is 304 g/mol. The van der Waals surface area contributed by atoms with E-state index in [4.69, 9.17) is 0 Å². The molecule has 0 radical (unpaired) electrons. The number of nitrogens with zero attached hydrogens (tertiary/aromatic N) is 1. The van der Waals surface area contributed by atoms with Crippen molar-refractivity contribution < 1.29 is 4.57 Å². The highest BCUT2D eigenvalue weighted by Crippen LogP contribution is 2.16. The fourth-order valence-corrected chi connectivity index (χ4v) is 2.22. The Hall–Kier alpha value is -0.120. The van der Waals surface area contributed by atoms with Gasteiger partial charge in [0.25, 0.3) is 0 Å². The topological polar surface area (TPSA) is 3.88 Å². The van der Waals surface area contributed by atoms with E-state index >= 15 is 0 Å². The van der Waals surface area contributed by atoms with Gasteiger partial charge in [0, 0.05) is 18.6 Å². The summed E-state index contributed by atoms with van der Waals surface area (Å²) in [5, 5.41) is 0. The molecule has 1 nitrogen and oxygen atoms in total. The predicted molar refractivity (Wildman–Crippen MR) is 68.6 cm³/mol. The average Bonchev–Trinajstić information content (AvgIpc) is 2.19. The number of hydrogen-bond acceptors (Lipinski definition) is 0. The minimum atomic E-state index is 0.611. The van der Waals surface area contributed by atoms with Crippen LogP contribution < -0.4 is 4.57 Å². The molecule has 1 atom stereocenters. The highest BCUT2D eigenvalue weighted by Gasteiger charge is 2.12. The normalized spacial score (nSPS) is 12.8. The third kappa shape index (κ3) is 3.95. The number of pyridine rings is 1. The number of unbranched alkanes of at least 4 members (excludes halogenated alkanes) is 2. The van der Waals surface area contributed by atoms with E-state index in [0.717, 1.165) is 0 Å². The fourth-order valence-electron chi connectivity index (χ4n) is 1.41. The number of alkyl halides is 1. The Bertz CT molecular complexity index is 256. The zero-order valence-electron chi connectivity index (χ0n) is 9.04. The molecular formula is C12H19IN+. The summed E-state index contributed by atoms with van der Waals surface area (Å²) in [5.41, 5.74) is 1.33. The van der Waals surface area contributed by atoms with Crippen LogP contribution in [0.2, 0.25) is 0 Å². The second kappa shape index (κ2) is 6.38. The number of aromatic nitrogens is 1. The maximum absolute atomic E-state index is 2.52. The van der Waals surface area contributed by atoms with Crippen molar-refractivity contribution in [3.8, 4) is 0 Å². The van der Waals surface area contributed by atoms with Gasteiger partial charge >= 0.3 is 0 Å². The second-order valence-corrected chi connectivity index (χ2v) is 5.19. The Morgan fingerprint density at radius 3 is 2.50 bits per heavy atom. The zero-order valence-corrected chi connectivity index (χ0v) is 11.2. The van der Waals surface area contributed by atoms with Crippen LogP contribution in [0, 0.1) is 6.92 Å². The number of aryl methyl sites for hydroxylation is 1. The van der Waals surface area contributed by atoms with E-state index in [0.29, 0.717) is 4.05 Å². The molecule has 0 aliphatic heterocycles. The van der Waals surface area contributed by atoms with Crippen LogP contribution in [0.1, 0.15) is 42.2 Å². The van der Waals surface area contributed by atoms with Crippen LogP contribution in [-0.4, -0.2) is 0 Å². The first-order valence-corrected chi connectivity index (χ1v) is 6.60. The summed E-state index contributed by atoms with van der Waals surface area (Å²) in [4.78, 5) is 0. The molecule has 14 heavy (non-hydrogen) atoms. The molecule has 0 aliphatic rings. The molecule has 1 unspecified atom stereocenters. The zero-order chi connectivity index (χ0) is 10.4. The summed E-state index contributed by atoms with van der Waals surface area (Å²) in [6, 6.07) is 4.34. The van der Waals surface area contributed by atoms with Gasteiger partial charge in [0.1, 0.15) is 0 Å². The smallest absolute Gasteiger partial charge is 0.193 e. The van der Waals surface area contributed by atoms with Crippen molar-refractivity contribution in [1.29, 1.82) is 0 Å². The van der Waals surface area contributed by atoms with E-state index in [1.54, 1.807) is 0 Å². The maximum Gasteiger partial charge on any atom is 0.207 e. The molecule has 0 amide bonds. The van der Waals surface area contributed by atoms with Gasteiger partial charge < -0.3 is 0 Å². The Morgan fingerprint density at radius 1 is 1.29 bits per heavy atom. The molecule has 1 aromatic rings. The minimum Gasteiger partial charge on any atom is -0.193 e. The second-order valence-electron chi connectivity index (χ2n) is 3.75. The first-order valence-electron chi connectivity index (χ1n) is 5.35. The van der Waals surface area contributed by atoms with Gasteiger partial charge in [-0.05, 0) is 41.5 Å². The third-order valence-electron chi connectivity index (χ3n) is 2.39. The molecule has 0 saturated carbocycles. The van der Waals surface area contributed by atoms with Crippen LogP contribution in [0.3, 0.4) is 0 Å². The SMILES string of the molecule is CCCCCC(I)[n+]1ccc(C)cc1. The Labute approximate surface area is 101 Å². The van der Waals surface area contributed by atoms with Gasteiger partial charge in [0.05, 0.1) is 0 Å². The monoisotopic (exact) mass is 304 g/mol. The minimum absolute atomic E-state index is 0.611. The molecular weight excluding hydrogens is 285 g/mol. The lowest BCUT2D eigenvalue weighted by atomic mass is 10.2. The predicted octanol–water partition coefficient (Wildman–Crippen LogP) is 3.80.